The Hall–Kier alpha value is -2.54. The fraction of sp³-hybridized carbons (Fsp3) is 0.0667. The molecule has 0 radical (unpaired) electrons. The number of rotatable bonds is 3. The van der Waals surface area contributed by atoms with Crippen LogP contribution in [-0.2, 0) is 5.75 Å². The molecular formula is C15H10FN5S. The van der Waals surface area contributed by atoms with E-state index in [1.807, 2.05) is 18.3 Å². The van der Waals surface area contributed by atoms with Crippen LogP contribution in [0.1, 0.15) is 5.56 Å². The van der Waals surface area contributed by atoms with Gasteiger partial charge in [-0.3, -0.25) is 4.98 Å². The summed E-state index contributed by atoms with van der Waals surface area (Å²) < 4.78 is 13.3. The van der Waals surface area contributed by atoms with Crippen LogP contribution in [0.2, 0.25) is 0 Å². The third-order valence-electron chi connectivity index (χ3n) is 3.25. The second kappa shape index (κ2) is 5.34. The molecule has 3 heterocycles. The fourth-order valence-corrected chi connectivity index (χ4v) is 2.94. The summed E-state index contributed by atoms with van der Waals surface area (Å²) in [5.41, 5.74) is 3.09. The Balaban J connectivity index is 1.67. The summed E-state index contributed by atoms with van der Waals surface area (Å²) in [6, 6.07) is 8.41. The molecule has 7 heteroatoms. The Bertz CT molecular complexity index is 954. The minimum Gasteiger partial charge on any atom is -0.338 e. The highest BCUT2D eigenvalue weighted by molar-refractivity contribution is 7.98. The maximum absolute atomic E-state index is 13.3. The molecule has 0 bridgehead atoms. The number of aromatic amines is 1. The summed E-state index contributed by atoms with van der Waals surface area (Å²) >= 11 is 1.48. The Labute approximate surface area is 129 Å². The van der Waals surface area contributed by atoms with E-state index in [2.05, 4.69) is 25.1 Å². The third kappa shape index (κ3) is 2.39. The van der Waals surface area contributed by atoms with Gasteiger partial charge in [-0.1, -0.05) is 17.8 Å². The lowest BCUT2D eigenvalue weighted by atomic mass is 10.2. The third-order valence-corrected chi connectivity index (χ3v) is 4.16. The van der Waals surface area contributed by atoms with Gasteiger partial charge in [0.1, 0.15) is 11.3 Å². The standard InChI is InChI=1S/C15H10FN5S/c16-10-3-4-12-11(6-10)13-14(18-12)19-15(21-20-13)22-8-9-2-1-5-17-7-9/h1-7H,8H2,(H,18,19,21). The average Bonchev–Trinajstić information content (AvgIpc) is 2.91. The van der Waals surface area contributed by atoms with Crippen molar-refractivity contribution in [2.75, 3.05) is 0 Å². The van der Waals surface area contributed by atoms with Crippen molar-refractivity contribution in [1.29, 1.82) is 0 Å². The highest BCUT2D eigenvalue weighted by Gasteiger charge is 2.10. The smallest absolute Gasteiger partial charge is 0.211 e. The lowest BCUT2D eigenvalue weighted by Gasteiger charge is -1.99. The van der Waals surface area contributed by atoms with Crippen molar-refractivity contribution in [2.24, 2.45) is 0 Å². The molecule has 0 aliphatic heterocycles. The predicted molar refractivity (Wildman–Crippen MR) is 82.9 cm³/mol. The van der Waals surface area contributed by atoms with E-state index < -0.39 is 0 Å². The van der Waals surface area contributed by atoms with E-state index in [1.165, 1.54) is 23.9 Å². The highest BCUT2D eigenvalue weighted by atomic mass is 32.2. The number of halogens is 1. The van der Waals surface area contributed by atoms with E-state index in [-0.39, 0.29) is 5.82 Å². The van der Waals surface area contributed by atoms with Crippen molar-refractivity contribution in [1.82, 2.24) is 25.1 Å². The molecule has 1 aromatic carbocycles. The first-order valence-electron chi connectivity index (χ1n) is 6.63. The number of pyridine rings is 1. The first-order valence-corrected chi connectivity index (χ1v) is 7.61. The van der Waals surface area contributed by atoms with E-state index in [0.717, 1.165) is 16.8 Å². The first kappa shape index (κ1) is 13.1. The molecule has 0 aliphatic rings. The molecule has 1 N–H and O–H groups in total. The van der Waals surface area contributed by atoms with E-state index in [0.29, 0.717) is 21.7 Å². The molecule has 0 atom stereocenters. The van der Waals surface area contributed by atoms with Gasteiger partial charge in [0.05, 0.1) is 0 Å². The van der Waals surface area contributed by atoms with Gasteiger partial charge in [0.2, 0.25) is 5.16 Å². The average molecular weight is 311 g/mol. The van der Waals surface area contributed by atoms with Crippen molar-refractivity contribution in [3.63, 3.8) is 0 Å². The van der Waals surface area contributed by atoms with Crippen molar-refractivity contribution in [3.8, 4) is 0 Å². The van der Waals surface area contributed by atoms with Gasteiger partial charge in [-0.25, -0.2) is 9.37 Å². The molecule has 0 amide bonds. The van der Waals surface area contributed by atoms with E-state index in [4.69, 9.17) is 0 Å². The summed E-state index contributed by atoms with van der Waals surface area (Å²) in [4.78, 5) is 11.7. The molecular weight excluding hydrogens is 301 g/mol. The first-order chi connectivity index (χ1) is 10.8. The zero-order chi connectivity index (χ0) is 14.9. The van der Waals surface area contributed by atoms with E-state index >= 15 is 0 Å². The van der Waals surface area contributed by atoms with Crippen LogP contribution in [0, 0.1) is 5.82 Å². The Morgan fingerprint density at radius 2 is 2.14 bits per heavy atom. The topological polar surface area (TPSA) is 67.3 Å². The predicted octanol–water partition coefficient (Wildman–Crippen LogP) is 3.33. The minimum absolute atomic E-state index is 0.301. The van der Waals surface area contributed by atoms with Gasteiger partial charge < -0.3 is 4.98 Å². The maximum atomic E-state index is 13.3. The highest BCUT2D eigenvalue weighted by Crippen LogP contribution is 2.25. The van der Waals surface area contributed by atoms with Crippen LogP contribution in [0.25, 0.3) is 22.1 Å². The number of aromatic nitrogens is 5. The largest absolute Gasteiger partial charge is 0.338 e. The van der Waals surface area contributed by atoms with E-state index in [1.54, 1.807) is 12.3 Å². The molecule has 0 saturated heterocycles. The quantitative estimate of drug-likeness (QED) is 0.588. The van der Waals surface area contributed by atoms with Crippen LogP contribution >= 0.6 is 11.8 Å². The zero-order valence-corrected chi connectivity index (χ0v) is 12.1. The van der Waals surface area contributed by atoms with Gasteiger partial charge in [0.15, 0.2) is 5.65 Å². The number of benzene rings is 1. The molecule has 108 valence electrons. The van der Waals surface area contributed by atoms with Gasteiger partial charge >= 0.3 is 0 Å². The zero-order valence-electron chi connectivity index (χ0n) is 11.3. The summed E-state index contributed by atoms with van der Waals surface area (Å²) in [5, 5.41) is 9.55. The number of hydrogen-bond acceptors (Lipinski definition) is 5. The minimum atomic E-state index is -0.301. The van der Waals surface area contributed by atoms with Crippen molar-refractivity contribution in [2.45, 2.75) is 10.9 Å². The molecule has 0 aliphatic carbocycles. The maximum Gasteiger partial charge on any atom is 0.211 e. The van der Waals surface area contributed by atoms with E-state index in [9.17, 15) is 4.39 Å². The molecule has 4 rings (SSSR count). The summed E-state index contributed by atoms with van der Waals surface area (Å²) in [6.45, 7) is 0. The van der Waals surface area contributed by atoms with Crippen LogP contribution < -0.4 is 0 Å². The molecule has 3 aromatic heterocycles. The normalized spacial score (nSPS) is 11.3. The molecule has 0 unspecified atom stereocenters. The molecule has 22 heavy (non-hydrogen) atoms. The van der Waals surface area contributed by atoms with Gasteiger partial charge in [-0.05, 0) is 29.8 Å². The van der Waals surface area contributed by atoms with Gasteiger partial charge in [0.25, 0.3) is 0 Å². The Kier molecular flexibility index (Phi) is 3.19. The monoisotopic (exact) mass is 311 g/mol. The Morgan fingerprint density at radius 1 is 1.18 bits per heavy atom. The second-order valence-corrected chi connectivity index (χ2v) is 5.70. The number of thioether (sulfide) groups is 1. The van der Waals surface area contributed by atoms with Crippen LogP contribution in [0.5, 0.6) is 0 Å². The molecule has 4 aromatic rings. The van der Waals surface area contributed by atoms with Gasteiger partial charge in [-0.15, -0.1) is 10.2 Å². The fourth-order valence-electron chi connectivity index (χ4n) is 2.22. The Morgan fingerprint density at radius 3 is 3.00 bits per heavy atom. The number of H-pyrrole nitrogens is 1. The second-order valence-electron chi connectivity index (χ2n) is 4.76. The summed E-state index contributed by atoms with van der Waals surface area (Å²) in [6.07, 6.45) is 3.55. The van der Waals surface area contributed by atoms with Crippen molar-refractivity contribution < 1.29 is 4.39 Å². The van der Waals surface area contributed by atoms with Crippen LogP contribution in [-0.4, -0.2) is 25.1 Å². The number of nitrogens with one attached hydrogen (secondary N) is 1. The summed E-state index contributed by atoms with van der Waals surface area (Å²) in [7, 11) is 0. The molecule has 0 spiro atoms. The summed E-state index contributed by atoms with van der Waals surface area (Å²) in [5.74, 6) is 0.417. The lowest BCUT2D eigenvalue weighted by Crippen LogP contribution is -1.92. The van der Waals surface area contributed by atoms with Gasteiger partial charge in [0, 0.05) is 29.0 Å². The van der Waals surface area contributed by atoms with Crippen LogP contribution in [0.3, 0.4) is 0 Å². The van der Waals surface area contributed by atoms with Crippen LogP contribution in [0.4, 0.5) is 4.39 Å². The SMILES string of the molecule is Fc1ccc2[nH]c3nc(SCc4cccnc4)nnc3c2c1. The number of fused-ring (bicyclic) bond motifs is 3. The number of nitrogens with zero attached hydrogens (tertiary/aromatic N) is 4. The van der Waals surface area contributed by atoms with Crippen LogP contribution in [0.15, 0.2) is 47.9 Å². The molecule has 0 saturated carbocycles. The van der Waals surface area contributed by atoms with Crippen molar-refractivity contribution >= 4 is 33.8 Å². The van der Waals surface area contributed by atoms with Gasteiger partial charge in [-0.2, -0.15) is 0 Å². The molecule has 5 nitrogen and oxygen atoms in total. The molecule has 0 fully saturated rings. The number of hydrogen-bond donors (Lipinski definition) is 1. The van der Waals surface area contributed by atoms with Crippen molar-refractivity contribution in [3.05, 3.63) is 54.1 Å². The lowest BCUT2D eigenvalue weighted by molar-refractivity contribution is 0.630.